The minimum atomic E-state index is -0.903. The van der Waals surface area contributed by atoms with Gasteiger partial charge in [-0.25, -0.2) is 0 Å². The molecule has 236 valence electrons. The first kappa shape index (κ1) is 44.9. The van der Waals surface area contributed by atoms with Gasteiger partial charge in [0.2, 0.25) is 0 Å². The predicted molar refractivity (Wildman–Crippen MR) is 171 cm³/mol. The molecule has 0 saturated heterocycles. The monoisotopic (exact) mass is 577 g/mol. The first-order valence-corrected chi connectivity index (χ1v) is 18.0. The van der Waals surface area contributed by atoms with Crippen molar-refractivity contribution in [2.24, 2.45) is 0 Å². The fourth-order valence-electron chi connectivity index (χ4n) is 5.30. The van der Waals surface area contributed by atoms with Gasteiger partial charge in [0.05, 0.1) is 0 Å². The van der Waals surface area contributed by atoms with Crippen LogP contribution in [-0.2, 0) is 4.79 Å². The molecule has 0 aromatic rings. The van der Waals surface area contributed by atoms with E-state index in [0.29, 0.717) is 6.61 Å². The van der Waals surface area contributed by atoms with Crippen LogP contribution in [0.3, 0.4) is 0 Å². The number of carbonyl (C=O) groups is 1. The molecule has 0 bridgehead atoms. The van der Waals surface area contributed by atoms with Crippen molar-refractivity contribution >= 4 is 5.97 Å². The van der Waals surface area contributed by atoms with E-state index in [2.05, 4.69) is 13.8 Å². The Kier molecular flexibility index (Phi) is 49.2. The Bertz CT molecular complexity index is 414. The molecule has 0 rings (SSSR count). The van der Waals surface area contributed by atoms with Crippen molar-refractivity contribution in [3.05, 3.63) is 0 Å². The number of aliphatic hydroxyl groups excluding tert-OH is 1. The van der Waals surface area contributed by atoms with Crippen molar-refractivity contribution in [2.75, 3.05) is 6.61 Å². The molecule has 0 aromatic carbocycles. The number of hydrogen-bond acceptors (Lipinski definition) is 3. The molecule has 40 heavy (non-hydrogen) atoms. The van der Waals surface area contributed by atoms with Gasteiger partial charge in [0, 0.05) is 12.6 Å². The van der Waals surface area contributed by atoms with Crippen molar-refractivity contribution in [1.82, 2.24) is 0 Å². The van der Waals surface area contributed by atoms with E-state index < -0.39 is 5.97 Å². The predicted octanol–water partition coefficient (Wildman–Crippen LogP) is 8.24. The standard InChI is InChI=1S/C18H36O2.C18H38O.Na/c1-2-3-4-5-6-7-8-9-10-11-12-13-14-15-16-17-18(19)20;1-2-3-4-5-6-7-8-9-10-11-12-13-14-15-16-17-18-19;/h2-17H2,1H3,(H,19,20);19H,2-18H2,1H3;/q;;+1/p-1. The summed E-state index contributed by atoms with van der Waals surface area (Å²) in [4.78, 5) is 10.2. The maximum absolute atomic E-state index is 10.2. The molecule has 0 atom stereocenters. The minimum Gasteiger partial charge on any atom is -0.550 e. The summed E-state index contributed by atoms with van der Waals surface area (Å²) < 4.78 is 0. The molecule has 4 heteroatoms. The first-order valence-electron chi connectivity index (χ1n) is 18.0. The fourth-order valence-corrected chi connectivity index (χ4v) is 5.30. The van der Waals surface area contributed by atoms with Crippen LogP contribution in [0.4, 0.5) is 0 Å². The van der Waals surface area contributed by atoms with Crippen LogP contribution in [0, 0.1) is 0 Å². The van der Waals surface area contributed by atoms with Crippen molar-refractivity contribution in [3.63, 3.8) is 0 Å². The van der Waals surface area contributed by atoms with Crippen LogP contribution < -0.4 is 34.7 Å². The van der Waals surface area contributed by atoms with Crippen LogP contribution in [0.1, 0.15) is 219 Å². The molecular weight excluding hydrogens is 503 g/mol. The Labute approximate surface area is 275 Å². The number of rotatable bonds is 32. The molecule has 3 nitrogen and oxygen atoms in total. The molecule has 0 spiro atoms. The molecule has 0 aliphatic heterocycles. The number of carboxylic acids is 1. The summed E-state index contributed by atoms with van der Waals surface area (Å²) in [5.74, 6) is -0.903. The summed E-state index contributed by atoms with van der Waals surface area (Å²) in [7, 11) is 0. The van der Waals surface area contributed by atoms with Crippen LogP contribution >= 0.6 is 0 Å². The molecule has 0 amide bonds. The summed E-state index contributed by atoms with van der Waals surface area (Å²) in [6, 6.07) is 0. The molecule has 1 N–H and O–H groups in total. The smallest absolute Gasteiger partial charge is 0.550 e. The molecule has 0 heterocycles. The topological polar surface area (TPSA) is 60.4 Å². The van der Waals surface area contributed by atoms with Gasteiger partial charge >= 0.3 is 29.6 Å². The first-order chi connectivity index (χ1) is 19.2. The Balaban J connectivity index is -0.000000669. The molecule has 0 aromatic heterocycles. The van der Waals surface area contributed by atoms with E-state index in [-0.39, 0.29) is 36.0 Å². The second-order valence-corrected chi connectivity index (χ2v) is 12.1. The summed E-state index contributed by atoms with van der Waals surface area (Å²) in [5.41, 5.74) is 0. The van der Waals surface area contributed by atoms with Gasteiger partial charge in [0.15, 0.2) is 0 Å². The zero-order chi connectivity index (χ0) is 28.9. The molecule has 0 aliphatic rings. The van der Waals surface area contributed by atoms with Gasteiger partial charge in [-0.3, -0.25) is 0 Å². The van der Waals surface area contributed by atoms with Crippen LogP contribution in [-0.4, -0.2) is 17.7 Å². The maximum Gasteiger partial charge on any atom is 1.00 e. The summed E-state index contributed by atoms with van der Waals surface area (Å²) in [6.45, 7) is 4.93. The van der Waals surface area contributed by atoms with Gasteiger partial charge < -0.3 is 15.0 Å². The molecule has 0 unspecified atom stereocenters. The van der Waals surface area contributed by atoms with Crippen molar-refractivity contribution < 1.29 is 44.6 Å². The summed E-state index contributed by atoms with van der Waals surface area (Å²) >= 11 is 0. The average molecular weight is 577 g/mol. The SMILES string of the molecule is CCCCCCCCCCCCCCCCCC(=O)[O-].CCCCCCCCCCCCCCCCCCO.[Na+]. The molecule has 0 radical (unpaired) electrons. The van der Waals surface area contributed by atoms with E-state index in [1.54, 1.807) is 0 Å². The van der Waals surface area contributed by atoms with E-state index >= 15 is 0 Å². The average Bonchev–Trinajstić information content (AvgIpc) is 2.93. The van der Waals surface area contributed by atoms with Gasteiger partial charge in [-0.15, -0.1) is 0 Å². The fraction of sp³-hybridized carbons (Fsp3) is 0.972. The van der Waals surface area contributed by atoms with E-state index in [4.69, 9.17) is 5.11 Å². The quantitative estimate of drug-likeness (QED) is 0.0648. The van der Waals surface area contributed by atoms with Gasteiger partial charge in [-0.05, 0) is 19.3 Å². The largest absolute Gasteiger partial charge is 1.00 e. The van der Waals surface area contributed by atoms with Gasteiger partial charge in [-0.2, -0.15) is 0 Å². The van der Waals surface area contributed by atoms with Crippen molar-refractivity contribution in [3.8, 4) is 0 Å². The zero-order valence-corrected chi connectivity index (χ0v) is 30.1. The number of hydrogen-bond donors (Lipinski definition) is 1. The molecule has 0 saturated carbocycles. The Hall–Kier alpha value is 0.430. The summed E-state index contributed by atoms with van der Waals surface area (Å²) in [6.07, 6.45) is 42.0. The van der Waals surface area contributed by atoms with Crippen LogP contribution in [0.25, 0.3) is 0 Å². The second kappa shape index (κ2) is 43.9. The van der Waals surface area contributed by atoms with E-state index in [9.17, 15) is 9.90 Å². The van der Waals surface area contributed by atoms with Gasteiger partial charge in [-0.1, -0.05) is 200 Å². The second-order valence-electron chi connectivity index (χ2n) is 12.1. The Morgan fingerprint density at radius 1 is 0.400 bits per heavy atom. The Morgan fingerprint density at radius 3 is 0.800 bits per heavy atom. The Morgan fingerprint density at radius 2 is 0.600 bits per heavy atom. The van der Waals surface area contributed by atoms with Crippen molar-refractivity contribution in [2.45, 2.75) is 219 Å². The number of carboxylic acid groups (broad SMARTS) is 1. The van der Waals surface area contributed by atoms with Crippen LogP contribution in [0.5, 0.6) is 0 Å². The van der Waals surface area contributed by atoms with E-state index in [1.165, 1.54) is 180 Å². The zero-order valence-electron chi connectivity index (χ0n) is 28.1. The number of aliphatic hydroxyl groups is 1. The third-order valence-corrected chi connectivity index (χ3v) is 8.00. The third kappa shape index (κ3) is 48.2. The molecule has 0 aliphatic carbocycles. The minimum absolute atomic E-state index is 0. The maximum atomic E-state index is 10.2. The van der Waals surface area contributed by atoms with Gasteiger partial charge in [0.1, 0.15) is 0 Å². The van der Waals surface area contributed by atoms with Crippen molar-refractivity contribution in [1.29, 1.82) is 0 Å². The van der Waals surface area contributed by atoms with Gasteiger partial charge in [0.25, 0.3) is 0 Å². The normalized spacial score (nSPS) is 10.7. The third-order valence-electron chi connectivity index (χ3n) is 8.00. The molecule has 0 fully saturated rings. The van der Waals surface area contributed by atoms with Crippen LogP contribution in [0.15, 0.2) is 0 Å². The van der Waals surface area contributed by atoms with E-state index in [1.807, 2.05) is 0 Å². The molecular formula is C36H73NaO3. The van der Waals surface area contributed by atoms with E-state index in [0.717, 1.165) is 19.3 Å². The number of unbranched alkanes of at least 4 members (excludes halogenated alkanes) is 29. The summed E-state index contributed by atoms with van der Waals surface area (Å²) in [5, 5.41) is 18.9. The number of aliphatic carboxylic acids is 1. The van der Waals surface area contributed by atoms with Crippen LogP contribution in [0.2, 0.25) is 0 Å². The number of carbonyl (C=O) groups excluding carboxylic acids is 1.